The number of nitrogens with zero attached hydrogens (tertiary/aromatic N) is 2. The zero-order valence-corrected chi connectivity index (χ0v) is 10.5. The summed E-state index contributed by atoms with van der Waals surface area (Å²) >= 11 is 5.81. The monoisotopic (exact) mass is 276 g/mol. The highest BCUT2D eigenvalue weighted by molar-refractivity contribution is 6.32. The largest absolute Gasteiger partial charge is 0.405 e. The van der Waals surface area contributed by atoms with E-state index in [1.807, 2.05) is 6.07 Å². The topological polar surface area (TPSA) is 27.0 Å². The van der Waals surface area contributed by atoms with Crippen LogP contribution in [0.15, 0.2) is 18.2 Å². The van der Waals surface area contributed by atoms with Crippen molar-refractivity contribution in [1.29, 1.82) is 5.26 Å². The van der Waals surface area contributed by atoms with Crippen LogP contribution in [0.5, 0.6) is 0 Å². The van der Waals surface area contributed by atoms with Crippen molar-refractivity contribution in [3.8, 4) is 6.07 Å². The fraction of sp³-hybridized carbons (Fsp3) is 0.417. The number of alkyl halides is 3. The summed E-state index contributed by atoms with van der Waals surface area (Å²) in [5, 5.41) is 9.14. The highest BCUT2D eigenvalue weighted by Gasteiger charge is 2.31. The fourth-order valence-electron chi connectivity index (χ4n) is 1.66. The van der Waals surface area contributed by atoms with Gasteiger partial charge in [-0.25, -0.2) is 0 Å². The van der Waals surface area contributed by atoms with E-state index in [0.29, 0.717) is 6.42 Å². The maximum Gasteiger partial charge on any atom is 0.405 e. The van der Waals surface area contributed by atoms with Gasteiger partial charge in [-0.15, -0.1) is 0 Å². The summed E-state index contributed by atoms with van der Waals surface area (Å²) in [5.41, 5.74) is 0.307. The van der Waals surface area contributed by atoms with Gasteiger partial charge in [-0.3, -0.25) is 0 Å². The molecule has 1 aromatic rings. The maximum atomic E-state index is 12.5. The van der Waals surface area contributed by atoms with E-state index < -0.39 is 12.7 Å². The van der Waals surface area contributed by atoms with Crippen LogP contribution in [0.25, 0.3) is 0 Å². The highest BCUT2D eigenvalue weighted by atomic mass is 35.5. The Balaban J connectivity index is 3.14. The Hall–Kier alpha value is -1.41. The summed E-state index contributed by atoms with van der Waals surface area (Å²) in [7, 11) is 0. The van der Waals surface area contributed by atoms with E-state index in [4.69, 9.17) is 16.9 Å². The minimum absolute atomic E-state index is 0.0804. The van der Waals surface area contributed by atoms with Crippen molar-refractivity contribution in [2.45, 2.75) is 19.5 Å². The van der Waals surface area contributed by atoms with Crippen LogP contribution in [0.4, 0.5) is 18.9 Å². The SMILES string of the molecule is CCCN(CC(F)(F)F)c1cccc(Cl)c1C#N. The third kappa shape index (κ3) is 3.81. The first kappa shape index (κ1) is 14.7. The molecule has 0 N–H and O–H groups in total. The zero-order valence-electron chi connectivity index (χ0n) is 9.76. The molecule has 0 aliphatic rings. The predicted octanol–water partition coefficient (Wildman–Crippen LogP) is 3.99. The Bertz CT molecular complexity index is 452. The molecule has 0 amide bonds. The Labute approximate surface area is 109 Å². The van der Waals surface area contributed by atoms with Crippen molar-refractivity contribution in [3.63, 3.8) is 0 Å². The van der Waals surface area contributed by atoms with Gasteiger partial charge in [0.1, 0.15) is 12.6 Å². The molecule has 0 aromatic heterocycles. The third-order valence-corrected chi connectivity index (χ3v) is 2.62. The summed E-state index contributed by atoms with van der Waals surface area (Å²) in [5.74, 6) is 0. The smallest absolute Gasteiger partial charge is 0.361 e. The molecule has 0 radical (unpaired) electrons. The van der Waals surface area contributed by atoms with E-state index in [9.17, 15) is 13.2 Å². The molecule has 0 unspecified atom stereocenters. The number of hydrogen-bond acceptors (Lipinski definition) is 2. The first-order valence-corrected chi connectivity index (χ1v) is 5.77. The average molecular weight is 277 g/mol. The average Bonchev–Trinajstić information content (AvgIpc) is 2.26. The Morgan fingerprint density at radius 2 is 2.06 bits per heavy atom. The van der Waals surface area contributed by atoms with Crippen LogP contribution in [0, 0.1) is 11.3 Å². The van der Waals surface area contributed by atoms with Gasteiger partial charge in [0.25, 0.3) is 0 Å². The van der Waals surface area contributed by atoms with Gasteiger partial charge in [-0.05, 0) is 18.6 Å². The van der Waals surface area contributed by atoms with Gasteiger partial charge in [0.05, 0.1) is 16.3 Å². The predicted molar refractivity (Wildman–Crippen MR) is 64.7 cm³/mol. The van der Waals surface area contributed by atoms with Crippen LogP contribution in [-0.2, 0) is 0 Å². The molecule has 0 aliphatic heterocycles. The van der Waals surface area contributed by atoms with Crippen LogP contribution in [0.2, 0.25) is 5.02 Å². The van der Waals surface area contributed by atoms with Crippen molar-refractivity contribution < 1.29 is 13.2 Å². The van der Waals surface area contributed by atoms with E-state index in [-0.39, 0.29) is 22.8 Å². The second-order valence-electron chi connectivity index (χ2n) is 3.78. The van der Waals surface area contributed by atoms with Crippen molar-refractivity contribution in [1.82, 2.24) is 0 Å². The maximum absolute atomic E-state index is 12.5. The van der Waals surface area contributed by atoms with Crippen LogP contribution in [0.3, 0.4) is 0 Å². The molecule has 6 heteroatoms. The van der Waals surface area contributed by atoms with Crippen molar-refractivity contribution in [3.05, 3.63) is 28.8 Å². The number of benzene rings is 1. The van der Waals surface area contributed by atoms with Crippen molar-refractivity contribution in [2.24, 2.45) is 0 Å². The van der Waals surface area contributed by atoms with Gasteiger partial charge >= 0.3 is 6.18 Å². The van der Waals surface area contributed by atoms with E-state index in [1.165, 1.54) is 18.2 Å². The summed E-state index contributed by atoms with van der Waals surface area (Å²) in [6.07, 6.45) is -3.77. The highest BCUT2D eigenvalue weighted by Crippen LogP contribution is 2.29. The van der Waals surface area contributed by atoms with E-state index in [1.54, 1.807) is 6.92 Å². The summed E-state index contributed by atoms with van der Waals surface area (Å²) < 4.78 is 37.5. The van der Waals surface area contributed by atoms with Crippen LogP contribution in [0.1, 0.15) is 18.9 Å². The van der Waals surface area contributed by atoms with Crippen molar-refractivity contribution in [2.75, 3.05) is 18.0 Å². The zero-order chi connectivity index (χ0) is 13.8. The van der Waals surface area contributed by atoms with Crippen molar-refractivity contribution >= 4 is 17.3 Å². The molecule has 0 saturated carbocycles. The van der Waals surface area contributed by atoms with Gasteiger partial charge in [-0.1, -0.05) is 24.6 Å². The number of nitriles is 1. The molecule has 0 heterocycles. The van der Waals surface area contributed by atoms with Gasteiger partial charge < -0.3 is 4.90 Å². The van der Waals surface area contributed by atoms with Gasteiger partial charge in [0.15, 0.2) is 0 Å². The summed E-state index contributed by atoms with van der Waals surface area (Å²) in [6, 6.07) is 6.35. The first-order valence-electron chi connectivity index (χ1n) is 5.39. The lowest BCUT2D eigenvalue weighted by molar-refractivity contribution is -0.119. The number of halogens is 4. The minimum atomic E-state index is -4.32. The van der Waals surface area contributed by atoms with E-state index >= 15 is 0 Å². The summed E-state index contributed by atoms with van der Waals surface area (Å²) in [6.45, 7) is 0.907. The summed E-state index contributed by atoms with van der Waals surface area (Å²) in [4.78, 5) is 1.13. The van der Waals surface area contributed by atoms with Crippen LogP contribution in [-0.4, -0.2) is 19.3 Å². The van der Waals surface area contributed by atoms with Gasteiger partial charge in [-0.2, -0.15) is 18.4 Å². The molecule has 0 fully saturated rings. The van der Waals surface area contributed by atoms with E-state index in [0.717, 1.165) is 4.90 Å². The molecule has 0 spiro atoms. The molecule has 0 saturated heterocycles. The quantitative estimate of drug-likeness (QED) is 0.831. The second kappa shape index (κ2) is 5.96. The lowest BCUT2D eigenvalue weighted by atomic mass is 10.1. The Morgan fingerprint density at radius 3 is 2.56 bits per heavy atom. The number of anilines is 1. The molecule has 1 aromatic carbocycles. The molecule has 0 atom stereocenters. The third-order valence-electron chi connectivity index (χ3n) is 2.31. The van der Waals surface area contributed by atoms with Crippen LogP contribution < -0.4 is 4.90 Å². The fourth-order valence-corrected chi connectivity index (χ4v) is 1.87. The normalized spacial score (nSPS) is 11.1. The molecule has 2 nitrogen and oxygen atoms in total. The molecular formula is C12H12ClF3N2. The Morgan fingerprint density at radius 1 is 1.39 bits per heavy atom. The van der Waals surface area contributed by atoms with Gasteiger partial charge in [0.2, 0.25) is 0 Å². The molecule has 1 rings (SSSR count). The lowest BCUT2D eigenvalue weighted by Crippen LogP contribution is -2.35. The minimum Gasteiger partial charge on any atom is -0.361 e. The van der Waals surface area contributed by atoms with Gasteiger partial charge in [0, 0.05) is 6.54 Å². The molecule has 0 aliphatic carbocycles. The van der Waals surface area contributed by atoms with E-state index in [2.05, 4.69) is 0 Å². The molecule has 18 heavy (non-hydrogen) atoms. The molecule has 0 bridgehead atoms. The number of hydrogen-bond donors (Lipinski definition) is 0. The molecular weight excluding hydrogens is 265 g/mol. The Kier molecular flexibility index (Phi) is 4.85. The first-order chi connectivity index (χ1) is 8.39. The molecule has 98 valence electrons. The second-order valence-corrected chi connectivity index (χ2v) is 4.19. The number of rotatable bonds is 4. The lowest BCUT2D eigenvalue weighted by Gasteiger charge is -2.26. The standard InChI is InChI=1S/C12H12ClF3N2/c1-2-6-18(8-12(14,15)16)11-5-3-4-10(13)9(11)7-17/h3-5H,2,6,8H2,1H3. The van der Waals surface area contributed by atoms with Crippen LogP contribution >= 0.6 is 11.6 Å².